The van der Waals surface area contributed by atoms with Gasteiger partial charge in [-0.2, -0.15) is 0 Å². The Morgan fingerprint density at radius 3 is 2.76 bits per heavy atom. The van der Waals surface area contributed by atoms with Crippen LogP contribution in [0.5, 0.6) is 0 Å². The first-order chi connectivity index (χ1) is 12.0. The van der Waals surface area contributed by atoms with Crippen molar-refractivity contribution in [1.82, 2.24) is 10.2 Å². The van der Waals surface area contributed by atoms with Gasteiger partial charge >= 0.3 is 0 Å². The number of hydrogen-bond acceptors (Lipinski definition) is 6. The number of hydrogen-bond donors (Lipinski definition) is 1. The summed E-state index contributed by atoms with van der Waals surface area (Å²) in [6.45, 7) is 3.63. The van der Waals surface area contributed by atoms with Crippen molar-refractivity contribution in [3.8, 4) is 11.5 Å². The summed E-state index contributed by atoms with van der Waals surface area (Å²) in [5, 5.41) is 11.6. The number of nitrogens with zero attached hydrogens (tertiary/aromatic N) is 2. The van der Waals surface area contributed by atoms with Gasteiger partial charge in [-0.05, 0) is 31.5 Å². The summed E-state index contributed by atoms with van der Waals surface area (Å²) in [6, 6.07) is 5.21. The zero-order valence-corrected chi connectivity index (χ0v) is 15.6. The molecule has 0 aliphatic heterocycles. The van der Waals surface area contributed by atoms with Gasteiger partial charge in [0.15, 0.2) is 0 Å². The molecule has 130 valence electrons. The summed E-state index contributed by atoms with van der Waals surface area (Å²) in [6.07, 6.45) is 1.55. The second kappa shape index (κ2) is 7.51. The van der Waals surface area contributed by atoms with E-state index < -0.39 is 0 Å². The minimum atomic E-state index is -0.279. The highest BCUT2D eigenvalue weighted by Crippen LogP contribution is 2.33. The summed E-state index contributed by atoms with van der Waals surface area (Å²) < 4.78 is 10.7. The van der Waals surface area contributed by atoms with Crippen LogP contribution in [0.4, 0.5) is 5.69 Å². The Morgan fingerprint density at radius 1 is 1.24 bits per heavy atom. The third kappa shape index (κ3) is 4.00. The highest BCUT2D eigenvalue weighted by molar-refractivity contribution is 7.99. The molecule has 1 aromatic carbocycles. The predicted octanol–water partition coefficient (Wildman–Crippen LogP) is 4.98. The third-order valence-corrected chi connectivity index (χ3v) is 4.99. The number of nitrogens with one attached hydrogen (secondary N) is 1. The van der Waals surface area contributed by atoms with Crippen molar-refractivity contribution in [2.75, 3.05) is 11.1 Å². The first-order valence-corrected chi connectivity index (χ1v) is 8.95. The van der Waals surface area contributed by atoms with E-state index in [1.807, 2.05) is 6.92 Å². The van der Waals surface area contributed by atoms with Gasteiger partial charge < -0.3 is 14.2 Å². The second-order valence-electron chi connectivity index (χ2n) is 5.15. The van der Waals surface area contributed by atoms with E-state index in [-0.39, 0.29) is 16.9 Å². The van der Waals surface area contributed by atoms with Crippen molar-refractivity contribution in [2.45, 2.75) is 19.1 Å². The van der Waals surface area contributed by atoms with Gasteiger partial charge in [0.05, 0.1) is 33.3 Å². The van der Waals surface area contributed by atoms with Gasteiger partial charge in [0, 0.05) is 0 Å². The highest BCUT2D eigenvalue weighted by Gasteiger charge is 2.16. The first-order valence-electron chi connectivity index (χ1n) is 7.21. The van der Waals surface area contributed by atoms with Gasteiger partial charge in [-0.15, -0.1) is 10.2 Å². The fourth-order valence-corrected chi connectivity index (χ4v) is 3.09. The number of carbonyl (C=O) groups excluding carboxylic acids is 1. The molecule has 0 saturated heterocycles. The Morgan fingerprint density at radius 2 is 2.04 bits per heavy atom. The number of rotatable bonds is 5. The molecule has 3 rings (SSSR count). The summed E-state index contributed by atoms with van der Waals surface area (Å²) in [7, 11) is 0. The molecule has 0 atom stereocenters. The minimum absolute atomic E-state index is 0.0760. The summed E-state index contributed by atoms with van der Waals surface area (Å²) in [4.78, 5) is 12.1. The van der Waals surface area contributed by atoms with Crippen molar-refractivity contribution >= 4 is 46.6 Å². The largest absolute Gasteiger partial charge is 0.469 e. The van der Waals surface area contributed by atoms with Gasteiger partial charge in [-0.3, -0.25) is 4.79 Å². The predicted molar refractivity (Wildman–Crippen MR) is 97.3 cm³/mol. The molecule has 0 unspecified atom stereocenters. The van der Waals surface area contributed by atoms with Crippen LogP contribution in [0, 0.1) is 13.8 Å². The van der Waals surface area contributed by atoms with Crippen LogP contribution in [-0.4, -0.2) is 21.9 Å². The van der Waals surface area contributed by atoms with Crippen molar-refractivity contribution in [1.29, 1.82) is 0 Å². The lowest BCUT2D eigenvalue weighted by atomic mass is 10.2. The zero-order chi connectivity index (χ0) is 18.0. The smallest absolute Gasteiger partial charge is 0.277 e. The van der Waals surface area contributed by atoms with E-state index in [1.165, 1.54) is 0 Å². The number of benzene rings is 1. The van der Waals surface area contributed by atoms with Crippen LogP contribution >= 0.6 is 35.0 Å². The molecular weight excluding hydrogens is 385 g/mol. The van der Waals surface area contributed by atoms with E-state index in [9.17, 15) is 4.79 Å². The number of amides is 1. The Bertz CT molecular complexity index is 923. The molecule has 0 aliphatic carbocycles. The Labute approximate surface area is 157 Å². The molecule has 9 heteroatoms. The molecule has 6 nitrogen and oxygen atoms in total. The van der Waals surface area contributed by atoms with E-state index in [0.29, 0.717) is 27.4 Å². The van der Waals surface area contributed by atoms with Gasteiger partial charge in [-0.1, -0.05) is 41.0 Å². The van der Waals surface area contributed by atoms with Crippen LogP contribution in [0.1, 0.15) is 11.3 Å². The third-order valence-electron chi connectivity index (χ3n) is 3.37. The molecule has 1 N–H and O–H groups in total. The average molecular weight is 398 g/mol. The Kier molecular flexibility index (Phi) is 5.36. The topological polar surface area (TPSA) is 81.2 Å². The number of thioether (sulfide) groups is 1. The molecule has 0 saturated carbocycles. The van der Waals surface area contributed by atoms with Crippen LogP contribution in [-0.2, 0) is 4.79 Å². The molecule has 2 aromatic heterocycles. The van der Waals surface area contributed by atoms with Crippen molar-refractivity contribution in [2.24, 2.45) is 0 Å². The van der Waals surface area contributed by atoms with Crippen LogP contribution in [0.3, 0.4) is 0 Å². The Hall–Kier alpha value is -1.96. The number of anilines is 1. The fraction of sp³-hybridized carbons (Fsp3) is 0.188. The number of aryl methyl sites for hydroxylation is 2. The van der Waals surface area contributed by atoms with Gasteiger partial charge in [0.1, 0.15) is 5.76 Å². The lowest BCUT2D eigenvalue weighted by Crippen LogP contribution is -2.15. The molecule has 3 aromatic rings. The summed E-state index contributed by atoms with van der Waals surface area (Å²) in [5.41, 5.74) is 1.95. The van der Waals surface area contributed by atoms with Crippen molar-refractivity contribution < 1.29 is 13.6 Å². The number of halogens is 2. The highest BCUT2D eigenvalue weighted by atomic mass is 35.5. The molecule has 0 bridgehead atoms. The minimum Gasteiger partial charge on any atom is -0.469 e. The van der Waals surface area contributed by atoms with Gasteiger partial charge in [-0.25, -0.2) is 0 Å². The van der Waals surface area contributed by atoms with Crippen molar-refractivity contribution in [3.63, 3.8) is 0 Å². The molecule has 0 aliphatic rings. The average Bonchev–Trinajstić information content (AvgIpc) is 3.22. The van der Waals surface area contributed by atoms with Crippen LogP contribution in [0.25, 0.3) is 11.5 Å². The summed E-state index contributed by atoms with van der Waals surface area (Å²) >= 11 is 13.4. The lowest BCUT2D eigenvalue weighted by Gasteiger charge is -2.10. The molecule has 0 radical (unpaired) electrons. The van der Waals surface area contributed by atoms with Gasteiger partial charge in [0.25, 0.3) is 11.1 Å². The molecule has 25 heavy (non-hydrogen) atoms. The van der Waals surface area contributed by atoms with E-state index in [1.54, 1.807) is 31.4 Å². The number of aromatic nitrogens is 2. The maximum Gasteiger partial charge on any atom is 0.277 e. The number of carbonyl (C=O) groups is 1. The molecule has 0 spiro atoms. The quantitative estimate of drug-likeness (QED) is 0.611. The van der Waals surface area contributed by atoms with Crippen molar-refractivity contribution in [3.05, 3.63) is 45.8 Å². The first kappa shape index (κ1) is 17.8. The fourth-order valence-electron chi connectivity index (χ4n) is 2.06. The van der Waals surface area contributed by atoms with Crippen LogP contribution in [0.15, 0.2) is 38.5 Å². The molecule has 2 heterocycles. The maximum absolute atomic E-state index is 12.1. The number of furan rings is 1. The standard InChI is InChI=1S/C16H13Cl2N3O3S/c1-8-3-4-11(17)14(13(8)18)19-12(22)7-25-16-21-20-15(24-16)10-5-6-23-9(10)2/h3-6H,7H2,1-2H3,(H,19,22). The van der Waals surface area contributed by atoms with E-state index in [2.05, 4.69) is 15.5 Å². The molecular formula is C16H13Cl2N3O3S. The van der Waals surface area contributed by atoms with E-state index >= 15 is 0 Å². The normalized spacial score (nSPS) is 10.9. The lowest BCUT2D eigenvalue weighted by molar-refractivity contribution is -0.113. The van der Waals surface area contributed by atoms with E-state index in [0.717, 1.165) is 22.9 Å². The SMILES string of the molecule is Cc1ccc(Cl)c(NC(=O)CSc2nnc(-c3ccoc3C)o2)c1Cl. The van der Waals surface area contributed by atoms with Gasteiger partial charge in [0.2, 0.25) is 5.91 Å². The second-order valence-corrected chi connectivity index (χ2v) is 6.87. The summed E-state index contributed by atoms with van der Waals surface area (Å²) in [5.74, 6) is 0.825. The molecule has 0 fully saturated rings. The monoisotopic (exact) mass is 397 g/mol. The maximum atomic E-state index is 12.1. The molecule has 1 amide bonds. The van der Waals surface area contributed by atoms with Crippen LogP contribution in [0.2, 0.25) is 10.0 Å². The Balaban J connectivity index is 1.63. The zero-order valence-electron chi connectivity index (χ0n) is 13.3. The van der Waals surface area contributed by atoms with E-state index in [4.69, 9.17) is 32.0 Å². The van der Waals surface area contributed by atoms with Crippen LogP contribution < -0.4 is 5.32 Å².